The molecule has 0 bridgehead atoms. The van der Waals surface area contributed by atoms with Crippen molar-refractivity contribution in [3.8, 4) is 17.2 Å². The number of imidazole rings is 1. The van der Waals surface area contributed by atoms with Gasteiger partial charge in [0, 0.05) is 24.4 Å². The van der Waals surface area contributed by atoms with Gasteiger partial charge in [0.05, 0.1) is 19.9 Å². The Bertz CT molecular complexity index is 745. The molecule has 0 aliphatic heterocycles. The molecule has 6 heteroatoms. The average Bonchev–Trinajstić information content (AvgIpc) is 2.82. The molecule has 0 fully saturated rings. The number of hydrogen-bond acceptors (Lipinski definition) is 5. The second-order valence-corrected chi connectivity index (χ2v) is 4.22. The average molecular weight is 270 g/mol. The van der Waals surface area contributed by atoms with Gasteiger partial charge in [-0.2, -0.15) is 0 Å². The van der Waals surface area contributed by atoms with Crippen LogP contribution in [-0.4, -0.2) is 28.8 Å². The molecule has 0 saturated heterocycles. The SMILES string of the molecule is COc1cc(OC)cc(-n2c(N)nc3cccnc32)c1. The lowest BCUT2D eigenvalue weighted by molar-refractivity contribution is 0.394. The Balaban J connectivity index is 2.27. The Morgan fingerprint density at radius 1 is 1.10 bits per heavy atom. The van der Waals surface area contributed by atoms with Crippen LogP contribution in [0.1, 0.15) is 0 Å². The van der Waals surface area contributed by atoms with Crippen molar-refractivity contribution >= 4 is 17.1 Å². The summed E-state index contributed by atoms with van der Waals surface area (Å²) in [6.07, 6.45) is 1.71. The zero-order chi connectivity index (χ0) is 14.1. The second-order valence-electron chi connectivity index (χ2n) is 4.22. The fourth-order valence-corrected chi connectivity index (χ4v) is 2.11. The van der Waals surface area contributed by atoms with Gasteiger partial charge in [0.25, 0.3) is 0 Å². The van der Waals surface area contributed by atoms with Crippen molar-refractivity contribution < 1.29 is 9.47 Å². The second kappa shape index (κ2) is 4.73. The van der Waals surface area contributed by atoms with Crippen LogP contribution >= 0.6 is 0 Å². The first kappa shape index (κ1) is 12.3. The summed E-state index contributed by atoms with van der Waals surface area (Å²) < 4.78 is 12.3. The Kier molecular flexibility index (Phi) is 2.90. The lowest BCUT2D eigenvalue weighted by Crippen LogP contribution is -2.02. The molecule has 0 spiro atoms. The van der Waals surface area contributed by atoms with Crippen molar-refractivity contribution in [1.29, 1.82) is 0 Å². The van der Waals surface area contributed by atoms with Crippen LogP contribution < -0.4 is 15.2 Å². The van der Waals surface area contributed by atoms with Gasteiger partial charge in [-0.15, -0.1) is 0 Å². The summed E-state index contributed by atoms with van der Waals surface area (Å²) in [5.74, 6) is 1.72. The van der Waals surface area contributed by atoms with Gasteiger partial charge in [0.2, 0.25) is 5.95 Å². The molecule has 0 amide bonds. The van der Waals surface area contributed by atoms with Crippen molar-refractivity contribution in [1.82, 2.24) is 14.5 Å². The minimum absolute atomic E-state index is 0.369. The van der Waals surface area contributed by atoms with Gasteiger partial charge in [0.15, 0.2) is 5.65 Å². The number of nitrogen functional groups attached to an aromatic ring is 1. The normalized spacial score (nSPS) is 10.7. The molecule has 0 unspecified atom stereocenters. The lowest BCUT2D eigenvalue weighted by atomic mass is 10.2. The molecule has 20 heavy (non-hydrogen) atoms. The van der Waals surface area contributed by atoms with Gasteiger partial charge in [-0.05, 0) is 12.1 Å². The first-order valence-corrected chi connectivity index (χ1v) is 6.05. The number of methoxy groups -OCH3 is 2. The van der Waals surface area contributed by atoms with Gasteiger partial charge in [-0.25, -0.2) is 9.97 Å². The Morgan fingerprint density at radius 2 is 1.80 bits per heavy atom. The van der Waals surface area contributed by atoms with Crippen molar-refractivity contribution in [2.75, 3.05) is 20.0 Å². The van der Waals surface area contributed by atoms with Crippen molar-refractivity contribution in [2.24, 2.45) is 0 Å². The lowest BCUT2D eigenvalue weighted by Gasteiger charge is -2.10. The zero-order valence-corrected chi connectivity index (χ0v) is 11.2. The minimum Gasteiger partial charge on any atom is -0.497 e. The molecule has 102 valence electrons. The molecule has 2 aromatic heterocycles. The minimum atomic E-state index is 0.369. The van der Waals surface area contributed by atoms with Gasteiger partial charge in [0.1, 0.15) is 17.0 Å². The number of ether oxygens (including phenoxy) is 2. The van der Waals surface area contributed by atoms with E-state index in [4.69, 9.17) is 15.2 Å². The Labute approximate surface area is 115 Å². The topological polar surface area (TPSA) is 75.2 Å². The van der Waals surface area contributed by atoms with Gasteiger partial charge in [-0.1, -0.05) is 0 Å². The smallest absolute Gasteiger partial charge is 0.207 e. The summed E-state index contributed by atoms with van der Waals surface area (Å²) >= 11 is 0. The van der Waals surface area contributed by atoms with Gasteiger partial charge in [-0.3, -0.25) is 4.57 Å². The van der Waals surface area contributed by atoms with E-state index in [9.17, 15) is 0 Å². The number of benzene rings is 1. The molecule has 6 nitrogen and oxygen atoms in total. The molecule has 0 radical (unpaired) electrons. The summed E-state index contributed by atoms with van der Waals surface area (Å²) in [6, 6.07) is 9.20. The molecular weight excluding hydrogens is 256 g/mol. The monoisotopic (exact) mass is 270 g/mol. The molecule has 2 N–H and O–H groups in total. The van der Waals surface area contributed by atoms with Crippen LogP contribution in [0, 0.1) is 0 Å². The van der Waals surface area contributed by atoms with Crippen LogP contribution in [0.4, 0.5) is 5.95 Å². The van der Waals surface area contributed by atoms with E-state index in [1.165, 1.54) is 0 Å². The Hall–Kier alpha value is -2.76. The van der Waals surface area contributed by atoms with Crippen molar-refractivity contribution in [3.05, 3.63) is 36.5 Å². The Morgan fingerprint density at radius 3 is 2.45 bits per heavy atom. The standard InChI is InChI=1S/C14H14N4O2/c1-19-10-6-9(7-11(8-10)20-2)18-13-12(17-14(18)15)4-3-5-16-13/h3-8H,1-2H3,(H2,15,17). The zero-order valence-electron chi connectivity index (χ0n) is 11.2. The van der Waals surface area contributed by atoms with Crippen LogP contribution in [0.2, 0.25) is 0 Å². The van der Waals surface area contributed by atoms with Crippen molar-refractivity contribution in [3.63, 3.8) is 0 Å². The van der Waals surface area contributed by atoms with E-state index in [2.05, 4.69) is 9.97 Å². The summed E-state index contributed by atoms with van der Waals surface area (Å²) in [7, 11) is 3.21. The van der Waals surface area contributed by atoms with E-state index in [1.807, 2.05) is 24.3 Å². The molecule has 3 aromatic rings. The summed E-state index contributed by atoms with van der Waals surface area (Å²) in [4.78, 5) is 8.63. The summed E-state index contributed by atoms with van der Waals surface area (Å²) in [5, 5.41) is 0. The predicted molar refractivity (Wildman–Crippen MR) is 76.4 cm³/mol. The molecule has 0 saturated carbocycles. The number of pyridine rings is 1. The van der Waals surface area contributed by atoms with Crippen LogP contribution in [0.5, 0.6) is 11.5 Å². The van der Waals surface area contributed by atoms with Crippen LogP contribution in [0.3, 0.4) is 0 Å². The quantitative estimate of drug-likeness (QED) is 0.788. The van der Waals surface area contributed by atoms with Gasteiger partial charge >= 0.3 is 0 Å². The molecule has 2 heterocycles. The third kappa shape index (κ3) is 1.91. The van der Waals surface area contributed by atoms with Crippen molar-refractivity contribution in [2.45, 2.75) is 0 Å². The summed E-state index contributed by atoms with van der Waals surface area (Å²) in [5.41, 5.74) is 8.23. The molecule has 3 rings (SSSR count). The number of aromatic nitrogens is 3. The third-order valence-corrected chi connectivity index (χ3v) is 3.04. The van der Waals surface area contributed by atoms with E-state index >= 15 is 0 Å². The fourth-order valence-electron chi connectivity index (χ4n) is 2.11. The number of fused-ring (bicyclic) bond motifs is 1. The highest BCUT2D eigenvalue weighted by Crippen LogP contribution is 2.28. The molecule has 0 atom stereocenters. The fraction of sp³-hybridized carbons (Fsp3) is 0.143. The largest absolute Gasteiger partial charge is 0.497 e. The van der Waals surface area contributed by atoms with Gasteiger partial charge < -0.3 is 15.2 Å². The number of rotatable bonds is 3. The van der Waals surface area contributed by atoms with E-state index < -0.39 is 0 Å². The van der Waals surface area contributed by atoms with E-state index in [-0.39, 0.29) is 0 Å². The van der Waals surface area contributed by atoms with E-state index in [1.54, 1.807) is 31.0 Å². The van der Waals surface area contributed by atoms with Crippen LogP contribution in [-0.2, 0) is 0 Å². The number of nitrogens with zero attached hydrogens (tertiary/aromatic N) is 3. The first-order valence-electron chi connectivity index (χ1n) is 6.05. The predicted octanol–water partition coefficient (Wildman–Crippen LogP) is 2.02. The van der Waals surface area contributed by atoms with E-state index in [0.29, 0.717) is 23.1 Å². The van der Waals surface area contributed by atoms with Crippen LogP contribution in [0.25, 0.3) is 16.9 Å². The maximum Gasteiger partial charge on any atom is 0.207 e. The van der Waals surface area contributed by atoms with Crippen LogP contribution in [0.15, 0.2) is 36.5 Å². The number of hydrogen-bond donors (Lipinski definition) is 1. The molecule has 0 aliphatic rings. The van der Waals surface area contributed by atoms with E-state index in [0.717, 1.165) is 11.2 Å². The first-order chi connectivity index (χ1) is 9.72. The highest BCUT2D eigenvalue weighted by atomic mass is 16.5. The summed E-state index contributed by atoms with van der Waals surface area (Å²) in [6.45, 7) is 0. The maximum atomic E-state index is 6.00. The highest BCUT2D eigenvalue weighted by molar-refractivity contribution is 5.77. The number of anilines is 1. The third-order valence-electron chi connectivity index (χ3n) is 3.04. The molecule has 1 aromatic carbocycles. The number of nitrogens with two attached hydrogens (primary N) is 1. The highest BCUT2D eigenvalue weighted by Gasteiger charge is 2.12. The maximum absolute atomic E-state index is 6.00. The molecular formula is C14H14N4O2. The molecule has 0 aliphatic carbocycles.